The van der Waals surface area contributed by atoms with E-state index in [-0.39, 0.29) is 17.4 Å². The number of piperidine rings is 1. The summed E-state index contributed by atoms with van der Waals surface area (Å²) in [6.07, 6.45) is 7.49. The first kappa shape index (κ1) is 15.1. The number of aliphatic hydroxyl groups excluding tert-OH is 1. The van der Waals surface area contributed by atoms with Crippen molar-refractivity contribution in [2.75, 3.05) is 23.4 Å². The number of nitrogens with one attached hydrogen (secondary N) is 2. The minimum absolute atomic E-state index is 0.0499. The number of aromatic nitrogens is 4. The lowest BCUT2D eigenvalue weighted by atomic mass is 9.89. The number of fused-ring (bicyclic) bond motifs is 2. The second kappa shape index (κ2) is 5.17. The molecule has 2 bridgehead atoms. The molecule has 2 aliphatic carbocycles. The quantitative estimate of drug-likeness (QED) is 0.774. The van der Waals surface area contributed by atoms with Crippen LogP contribution in [-0.2, 0) is 5.41 Å². The van der Waals surface area contributed by atoms with Gasteiger partial charge in [-0.15, -0.1) is 0 Å². The third kappa shape index (κ3) is 2.49. The molecular weight excluding hydrogens is 316 g/mol. The predicted octanol–water partition coefficient (Wildman–Crippen LogP) is 2.35. The second-order valence-electron chi connectivity index (χ2n) is 8.28. The molecular formula is C18H24N6O. The van der Waals surface area contributed by atoms with Gasteiger partial charge in [0.1, 0.15) is 5.82 Å². The van der Waals surface area contributed by atoms with Gasteiger partial charge in [-0.25, -0.2) is 4.98 Å². The van der Waals surface area contributed by atoms with Crippen molar-refractivity contribution in [1.29, 1.82) is 0 Å². The molecule has 0 aromatic carbocycles. The number of hydrogen-bond donors (Lipinski definition) is 3. The van der Waals surface area contributed by atoms with Gasteiger partial charge in [0.25, 0.3) is 0 Å². The summed E-state index contributed by atoms with van der Waals surface area (Å²) in [5, 5.41) is 20.5. The highest BCUT2D eigenvalue weighted by Crippen LogP contribution is 2.48. The second-order valence-corrected chi connectivity index (χ2v) is 8.28. The Kier molecular flexibility index (Phi) is 3.13. The highest BCUT2D eigenvalue weighted by atomic mass is 16.3. The van der Waals surface area contributed by atoms with Crippen LogP contribution in [0.2, 0.25) is 0 Å². The highest BCUT2D eigenvalue weighted by Gasteiger charge is 2.50. The summed E-state index contributed by atoms with van der Waals surface area (Å²) in [6.45, 7) is 3.36. The van der Waals surface area contributed by atoms with E-state index < -0.39 is 0 Å². The summed E-state index contributed by atoms with van der Waals surface area (Å²) >= 11 is 0. The normalized spacial score (nSPS) is 29.2. The van der Waals surface area contributed by atoms with Crippen LogP contribution in [0.15, 0.2) is 18.3 Å². The average Bonchev–Trinajstić information content (AvgIpc) is 3.03. The lowest BCUT2D eigenvalue weighted by molar-refractivity contribution is 0.148. The fourth-order valence-corrected chi connectivity index (χ4v) is 4.34. The number of aromatic amines is 1. The van der Waals surface area contributed by atoms with E-state index >= 15 is 0 Å². The lowest BCUT2D eigenvalue weighted by Crippen LogP contribution is -2.37. The summed E-state index contributed by atoms with van der Waals surface area (Å²) in [4.78, 5) is 11.4. The Hall–Kier alpha value is -2.15. The van der Waals surface area contributed by atoms with Crippen LogP contribution in [-0.4, -0.2) is 44.5 Å². The van der Waals surface area contributed by atoms with Crippen LogP contribution in [0.3, 0.4) is 0 Å². The molecule has 2 aromatic heterocycles. The van der Waals surface area contributed by atoms with Gasteiger partial charge in [0.15, 0.2) is 5.82 Å². The third-order valence-electron chi connectivity index (χ3n) is 6.34. The molecule has 1 saturated heterocycles. The van der Waals surface area contributed by atoms with Crippen molar-refractivity contribution >= 4 is 17.6 Å². The van der Waals surface area contributed by atoms with Crippen LogP contribution in [0, 0.1) is 5.41 Å². The lowest BCUT2D eigenvalue weighted by Gasteiger charge is -2.31. The van der Waals surface area contributed by atoms with E-state index in [0.29, 0.717) is 6.04 Å². The first-order valence-corrected chi connectivity index (χ1v) is 9.13. The van der Waals surface area contributed by atoms with Crippen molar-refractivity contribution in [2.24, 2.45) is 5.41 Å². The van der Waals surface area contributed by atoms with Gasteiger partial charge in [0, 0.05) is 41.4 Å². The zero-order valence-electron chi connectivity index (χ0n) is 14.5. The molecule has 0 spiro atoms. The Morgan fingerprint density at radius 3 is 3.00 bits per heavy atom. The topological polar surface area (TPSA) is 90.0 Å². The molecule has 0 amide bonds. The van der Waals surface area contributed by atoms with Crippen LogP contribution >= 0.6 is 0 Å². The van der Waals surface area contributed by atoms with E-state index in [4.69, 9.17) is 0 Å². The number of rotatable bonds is 5. The SMILES string of the molecule is CC1(c2cc(Nc3ccnc(N4CC5(CO)CCC4C5)n3)n[nH]2)CC1. The fourth-order valence-electron chi connectivity index (χ4n) is 4.34. The van der Waals surface area contributed by atoms with Crippen molar-refractivity contribution < 1.29 is 5.11 Å². The van der Waals surface area contributed by atoms with Gasteiger partial charge in [-0.2, -0.15) is 10.1 Å². The number of aliphatic hydroxyl groups is 1. The molecule has 3 fully saturated rings. The van der Waals surface area contributed by atoms with Crippen molar-refractivity contribution in [3.8, 4) is 0 Å². The summed E-state index contributed by atoms with van der Waals surface area (Å²) < 4.78 is 0. The van der Waals surface area contributed by atoms with E-state index in [1.165, 1.54) is 18.5 Å². The third-order valence-corrected chi connectivity index (χ3v) is 6.34. The molecule has 2 saturated carbocycles. The number of hydrogen-bond acceptors (Lipinski definition) is 6. The van der Waals surface area contributed by atoms with Crippen LogP contribution in [0.5, 0.6) is 0 Å². The Bertz CT molecular complexity index is 800. The largest absolute Gasteiger partial charge is 0.396 e. The molecule has 3 N–H and O–H groups in total. The van der Waals surface area contributed by atoms with Crippen LogP contribution < -0.4 is 10.2 Å². The van der Waals surface area contributed by atoms with Gasteiger partial charge >= 0.3 is 0 Å². The maximum absolute atomic E-state index is 9.74. The molecule has 25 heavy (non-hydrogen) atoms. The molecule has 5 rings (SSSR count). The minimum atomic E-state index is 0.0499. The van der Waals surface area contributed by atoms with E-state index in [2.05, 4.69) is 43.4 Å². The summed E-state index contributed by atoms with van der Waals surface area (Å²) in [7, 11) is 0. The monoisotopic (exact) mass is 340 g/mol. The molecule has 7 nitrogen and oxygen atoms in total. The molecule has 1 aliphatic heterocycles. The highest BCUT2D eigenvalue weighted by molar-refractivity contribution is 5.54. The van der Waals surface area contributed by atoms with E-state index in [1.54, 1.807) is 6.20 Å². The van der Waals surface area contributed by atoms with Crippen molar-refractivity contribution in [3.63, 3.8) is 0 Å². The Balaban J connectivity index is 1.34. The predicted molar refractivity (Wildman–Crippen MR) is 95.0 cm³/mol. The summed E-state index contributed by atoms with van der Waals surface area (Å²) in [5.74, 6) is 2.29. The van der Waals surface area contributed by atoms with Crippen LogP contribution in [0.25, 0.3) is 0 Å². The first-order valence-electron chi connectivity index (χ1n) is 9.13. The van der Waals surface area contributed by atoms with Crippen LogP contribution in [0.4, 0.5) is 17.6 Å². The van der Waals surface area contributed by atoms with Crippen molar-refractivity contribution in [3.05, 3.63) is 24.0 Å². The van der Waals surface area contributed by atoms with E-state index in [9.17, 15) is 5.11 Å². The van der Waals surface area contributed by atoms with Gasteiger partial charge in [0.05, 0.1) is 6.61 Å². The zero-order chi connectivity index (χ0) is 17.1. The van der Waals surface area contributed by atoms with Gasteiger partial charge in [-0.05, 0) is 38.2 Å². The molecule has 7 heteroatoms. The summed E-state index contributed by atoms with van der Waals surface area (Å²) in [6, 6.07) is 4.40. The molecule has 3 heterocycles. The van der Waals surface area contributed by atoms with Gasteiger partial charge in [0.2, 0.25) is 5.95 Å². The van der Waals surface area contributed by atoms with Gasteiger partial charge in [-0.1, -0.05) is 6.92 Å². The molecule has 2 atom stereocenters. The maximum atomic E-state index is 9.74. The van der Waals surface area contributed by atoms with E-state index in [0.717, 1.165) is 43.4 Å². The van der Waals surface area contributed by atoms with Crippen molar-refractivity contribution in [2.45, 2.75) is 50.5 Å². The number of H-pyrrole nitrogens is 1. The standard InChI is InChI=1S/C18H24N6O/c1-17(5-6-17)13-8-15(23-22-13)20-14-3-7-19-16(21-14)24-10-18(11-25)4-2-12(24)9-18/h3,7-8,12,25H,2,4-6,9-11H2,1H3,(H2,19,20,21,22,23). The molecule has 2 aromatic rings. The summed E-state index contributed by atoms with van der Waals surface area (Å²) in [5.41, 5.74) is 1.51. The number of nitrogens with zero attached hydrogens (tertiary/aromatic N) is 4. The smallest absolute Gasteiger partial charge is 0.227 e. The minimum Gasteiger partial charge on any atom is -0.396 e. The fraction of sp³-hybridized carbons (Fsp3) is 0.611. The molecule has 0 radical (unpaired) electrons. The maximum Gasteiger partial charge on any atom is 0.227 e. The van der Waals surface area contributed by atoms with Gasteiger partial charge in [-0.3, -0.25) is 5.10 Å². The first-order chi connectivity index (χ1) is 12.1. The average molecular weight is 340 g/mol. The van der Waals surface area contributed by atoms with Crippen molar-refractivity contribution in [1.82, 2.24) is 20.2 Å². The zero-order valence-corrected chi connectivity index (χ0v) is 14.5. The van der Waals surface area contributed by atoms with E-state index in [1.807, 2.05) is 6.07 Å². The Labute approximate surface area is 146 Å². The molecule has 132 valence electrons. The molecule has 2 unspecified atom stereocenters. The van der Waals surface area contributed by atoms with Crippen LogP contribution in [0.1, 0.15) is 44.7 Å². The Morgan fingerprint density at radius 1 is 1.36 bits per heavy atom. The molecule has 3 aliphatic rings. The van der Waals surface area contributed by atoms with Gasteiger partial charge < -0.3 is 15.3 Å². The Morgan fingerprint density at radius 2 is 2.24 bits per heavy atom. The number of anilines is 3.